The van der Waals surface area contributed by atoms with E-state index in [1.54, 1.807) is 6.20 Å². The summed E-state index contributed by atoms with van der Waals surface area (Å²) in [5, 5.41) is 7.77. The van der Waals surface area contributed by atoms with Crippen LogP contribution in [0.3, 0.4) is 0 Å². The molecular formula is C21H26ClN3O2. The van der Waals surface area contributed by atoms with Gasteiger partial charge in [-0.3, -0.25) is 4.79 Å². The topological polar surface area (TPSA) is 56.1 Å². The van der Waals surface area contributed by atoms with Gasteiger partial charge in [0.1, 0.15) is 5.02 Å². The van der Waals surface area contributed by atoms with E-state index in [-0.39, 0.29) is 10.6 Å². The van der Waals surface area contributed by atoms with Crippen molar-refractivity contribution in [2.75, 3.05) is 25.1 Å². The lowest BCUT2D eigenvalue weighted by Crippen LogP contribution is -2.26. The average molecular weight is 388 g/mol. The Labute approximate surface area is 164 Å². The number of hydrogen-bond acceptors (Lipinski definition) is 4. The molecule has 4 rings (SSSR count). The van der Waals surface area contributed by atoms with E-state index < -0.39 is 0 Å². The van der Waals surface area contributed by atoms with E-state index in [0.717, 1.165) is 38.3 Å². The lowest BCUT2D eigenvalue weighted by Gasteiger charge is -2.22. The third kappa shape index (κ3) is 4.19. The van der Waals surface area contributed by atoms with Gasteiger partial charge in [-0.25, -0.2) is 0 Å². The first-order chi connectivity index (χ1) is 13.2. The number of nitrogens with zero attached hydrogens (tertiary/aromatic N) is 2. The van der Waals surface area contributed by atoms with Crippen LogP contribution in [0.5, 0.6) is 0 Å². The van der Waals surface area contributed by atoms with Crippen molar-refractivity contribution in [2.24, 2.45) is 5.92 Å². The number of ether oxygens (including phenoxy) is 1. The molecule has 2 aromatic rings. The largest absolute Gasteiger partial charge is 0.382 e. The zero-order chi connectivity index (χ0) is 18.6. The molecule has 0 unspecified atom stereocenters. The fourth-order valence-electron chi connectivity index (χ4n) is 4.11. The average Bonchev–Trinajstić information content (AvgIpc) is 3.25. The molecular weight excluding hydrogens is 362 g/mol. The van der Waals surface area contributed by atoms with Crippen LogP contribution in [-0.2, 0) is 4.74 Å². The number of halogens is 1. The third-order valence-corrected chi connectivity index (χ3v) is 6.08. The first kappa shape index (κ1) is 18.5. The molecule has 1 atom stereocenters. The fourth-order valence-corrected chi connectivity index (χ4v) is 4.31. The number of nitrogens with one attached hydrogen (secondary N) is 1. The first-order valence-electron chi connectivity index (χ1n) is 9.92. The molecule has 0 amide bonds. The zero-order valence-corrected chi connectivity index (χ0v) is 16.3. The summed E-state index contributed by atoms with van der Waals surface area (Å²) in [6, 6.07) is 8.15. The maximum absolute atomic E-state index is 12.7. The Bertz CT molecular complexity index is 822. The third-order valence-electron chi connectivity index (χ3n) is 5.72. The highest BCUT2D eigenvalue weighted by atomic mass is 35.5. The predicted octanol–water partition coefficient (Wildman–Crippen LogP) is 4.38. The second-order valence-electron chi connectivity index (χ2n) is 7.63. The molecule has 1 aromatic heterocycles. The molecule has 1 aromatic carbocycles. The van der Waals surface area contributed by atoms with Crippen molar-refractivity contribution >= 4 is 17.3 Å². The van der Waals surface area contributed by atoms with Gasteiger partial charge < -0.3 is 10.1 Å². The maximum Gasteiger partial charge on any atom is 0.292 e. The minimum Gasteiger partial charge on any atom is -0.382 e. The Kier molecular flexibility index (Phi) is 5.79. The highest BCUT2D eigenvalue weighted by molar-refractivity contribution is 6.32. The smallest absolute Gasteiger partial charge is 0.292 e. The number of hydrogen-bond donors (Lipinski definition) is 1. The standard InChI is InChI=1S/C21H26ClN3O2/c22-20-19(23-12-15-4-3-11-27-14-15)13-24-25(21(20)26)18-9-7-17(8-10-18)16-5-1-2-6-16/h7-10,13,15-16,23H,1-6,11-12,14H2/t15-/m0/s1. The lowest BCUT2D eigenvalue weighted by atomic mass is 9.98. The van der Waals surface area contributed by atoms with E-state index in [2.05, 4.69) is 22.5 Å². The van der Waals surface area contributed by atoms with E-state index in [1.807, 2.05) is 12.1 Å². The Morgan fingerprint density at radius 1 is 1.15 bits per heavy atom. The fraction of sp³-hybridized carbons (Fsp3) is 0.524. The SMILES string of the molecule is O=c1c(Cl)c(NC[C@@H]2CCCOC2)cnn1-c1ccc(C2CCCC2)cc1. The maximum atomic E-state index is 12.7. The van der Waals surface area contributed by atoms with Crippen LogP contribution >= 0.6 is 11.6 Å². The van der Waals surface area contributed by atoms with Crippen LogP contribution < -0.4 is 10.9 Å². The van der Waals surface area contributed by atoms with Crippen LogP contribution in [0.1, 0.15) is 50.0 Å². The summed E-state index contributed by atoms with van der Waals surface area (Å²) in [6.45, 7) is 2.33. The summed E-state index contributed by atoms with van der Waals surface area (Å²) in [7, 11) is 0. The van der Waals surface area contributed by atoms with Gasteiger partial charge >= 0.3 is 0 Å². The second-order valence-corrected chi connectivity index (χ2v) is 8.00. The van der Waals surface area contributed by atoms with Gasteiger partial charge in [0.25, 0.3) is 5.56 Å². The minimum atomic E-state index is -0.296. The van der Waals surface area contributed by atoms with E-state index in [4.69, 9.17) is 16.3 Å². The Balaban J connectivity index is 1.48. The molecule has 27 heavy (non-hydrogen) atoms. The van der Waals surface area contributed by atoms with Crippen molar-refractivity contribution in [2.45, 2.75) is 44.4 Å². The molecule has 5 nitrogen and oxygen atoms in total. The van der Waals surface area contributed by atoms with Crippen LogP contribution in [0.4, 0.5) is 5.69 Å². The molecule has 1 aliphatic carbocycles. The van der Waals surface area contributed by atoms with E-state index in [9.17, 15) is 4.79 Å². The van der Waals surface area contributed by atoms with Gasteiger partial charge in [0.05, 0.1) is 24.2 Å². The first-order valence-corrected chi connectivity index (χ1v) is 10.3. The van der Waals surface area contributed by atoms with Gasteiger partial charge in [-0.05, 0) is 55.2 Å². The normalized spacial score (nSPS) is 20.7. The van der Waals surface area contributed by atoms with Gasteiger partial charge in [-0.1, -0.05) is 36.6 Å². The summed E-state index contributed by atoms with van der Waals surface area (Å²) < 4.78 is 6.86. The number of aromatic nitrogens is 2. The quantitative estimate of drug-likeness (QED) is 0.827. The van der Waals surface area contributed by atoms with Crippen molar-refractivity contribution in [3.8, 4) is 5.69 Å². The Hall–Kier alpha value is -1.85. The summed E-state index contributed by atoms with van der Waals surface area (Å²) >= 11 is 6.33. The molecule has 1 N–H and O–H groups in total. The number of rotatable bonds is 5. The predicted molar refractivity (Wildman–Crippen MR) is 108 cm³/mol. The minimum absolute atomic E-state index is 0.182. The molecule has 6 heteroatoms. The van der Waals surface area contributed by atoms with Crippen molar-refractivity contribution < 1.29 is 4.74 Å². The van der Waals surface area contributed by atoms with E-state index in [1.165, 1.54) is 35.9 Å². The molecule has 0 spiro atoms. The van der Waals surface area contributed by atoms with Crippen LogP contribution in [-0.4, -0.2) is 29.5 Å². The van der Waals surface area contributed by atoms with Crippen LogP contribution in [0.2, 0.25) is 5.02 Å². The van der Waals surface area contributed by atoms with Crippen molar-refractivity contribution in [1.82, 2.24) is 9.78 Å². The Morgan fingerprint density at radius 2 is 1.93 bits per heavy atom. The Morgan fingerprint density at radius 3 is 2.63 bits per heavy atom. The number of anilines is 1. The van der Waals surface area contributed by atoms with Gasteiger partial charge in [-0.2, -0.15) is 9.78 Å². The monoisotopic (exact) mass is 387 g/mol. The lowest BCUT2D eigenvalue weighted by molar-refractivity contribution is 0.0595. The second kappa shape index (κ2) is 8.44. The number of benzene rings is 1. The summed E-state index contributed by atoms with van der Waals surface area (Å²) in [5.74, 6) is 1.10. The van der Waals surface area contributed by atoms with E-state index in [0.29, 0.717) is 17.5 Å². The van der Waals surface area contributed by atoms with Crippen LogP contribution in [0, 0.1) is 5.92 Å². The van der Waals surface area contributed by atoms with Gasteiger partial charge in [0.15, 0.2) is 0 Å². The summed E-state index contributed by atoms with van der Waals surface area (Å²) in [5.41, 5.74) is 2.39. The zero-order valence-electron chi connectivity index (χ0n) is 15.5. The summed E-state index contributed by atoms with van der Waals surface area (Å²) in [4.78, 5) is 12.7. The van der Waals surface area contributed by atoms with Gasteiger partial charge in [-0.15, -0.1) is 0 Å². The van der Waals surface area contributed by atoms with Crippen LogP contribution in [0.25, 0.3) is 5.69 Å². The van der Waals surface area contributed by atoms with Crippen LogP contribution in [0.15, 0.2) is 35.3 Å². The van der Waals surface area contributed by atoms with Crippen molar-refractivity contribution in [3.05, 3.63) is 51.4 Å². The molecule has 0 bridgehead atoms. The van der Waals surface area contributed by atoms with E-state index >= 15 is 0 Å². The molecule has 144 valence electrons. The van der Waals surface area contributed by atoms with Crippen molar-refractivity contribution in [3.63, 3.8) is 0 Å². The molecule has 1 aliphatic heterocycles. The highest BCUT2D eigenvalue weighted by Crippen LogP contribution is 2.34. The molecule has 2 fully saturated rings. The molecule has 2 heterocycles. The molecule has 1 saturated carbocycles. The molecule has 1 saturated heterocycles. The molecule has 2 aliphatic rings. The highest BCUT2D eigenvalue weighted by Gasteiger charge is 2.18. The van der Waals surface area contributed by atoms with Gasteiger partial charge in [0.2, 0.25) is 0 Å². The van der Waals surface area contributed by atoms with Gasteiger partial charge in [0, 0.05) is 13.2 Å². The molecule has 0 radical (unpaired) electrons. The van der Waals surface area contributed by atoms with Crippen molar-refractivity contribution in [1.29, 1.82) is 0 Å². The summed E-state index contributed by atoms with van der Waals surface area (Å²) in [6.07, 6.45) is 8.98.